The summed E-state index contributed by atoms with van der Waals surface area (Å²) in [7, 11) is 0. The van der Waals surface area contributed by atoms with E-state index in [4.69, 9.17) is 4.74 Å². The second kappa shape index (κ2) is 8.51. The lowest BCUT2D eigenvalue weighted by Crippen LogP contribution is -2.45. The summed E-state index contributed by atoms with van der Waals surface area (Å²) >= 11 is 0. The van der Waals surface area contributed by atoms with Crippen LogP contribution in [0.25, 0.3) is 0 Å². The molecule has 0 aliphatic carbocycles. The Kier molecular flexibility index (Phi) is 6.68. The van der Waals surface area contributed by atoms with Crippen molar-refractivity contribution in [3.05, 3.63) is 35.9 Å². The molecule has 5 heteroatoms. The van der Waals surface area contributed by atoms with Gasteiger partial charge in [-0.25, -0.2) is 0 Å². The van der Waals surface area contributed by atoms with Crippen molar-refractivity contribution in [2.24, 2.45) is 5.92 Å². The van der Waals surface area contributed by atoms with E-state index in [-0.39, 0.29) is 24.4 Å². The molecule has 2 saturated heterocycles. The molecule has 1 amide bonds. The first-order chi connectivity index (χ1) is 10.3. The van der Waals surface area contributed by atoms with Crippen LogP contribution >= 0.6 is 12.4 Å². The van der Waals surface area contributed by atoms with Gasteiger partial charge in [-0.15, -0.1) is 12.4 Å². The van der Waals surface area contributed by atoms with Gasteiger partial charge in [-0.3, -0.25) is 4.79 Å². The number of nitrogens with one attached hydrogen (secondary N) is 1. The van der Waals surface area contributed by atoms with Crippen LogP contribution in [0.2, 0.25) is 0 Å². The number of nitrogens with zero attached hydrogens (tertiary/aromatic N) is 1. The molecule has 2 aliphatic heterocycles. The van der Waals surface area contributed by atoms with E-state index in [0.717, 1.165) is 45.5 Å². The number of halogens is 1. The third-order valence-corrected chi connectivity index (χ3v) is 4.52. The van der Waals surface area contributed by atoms with Crippen LogP contribution in [0.1, 0.15) is 18.4 Å². The molecule has 1 aromatic rings. The molecule has 2 fully saturated rings. The third-order valence-electron chi connectivity index (χ3n) is 4.52. The van der Waals surface area contributed by atoms with Gasteiger partial charge in [0.25, 0.3) is 0 Å². The smallest absolute Gasteiger partial charge is 0.227 e. The second-order valence-corrected chi connectivity index (χ2v) is 5.97. The van der Waals surface area contributed by atoms with Gasteiger partial charge in [-0.2, -0.15) is 0 Å². The van der Waals surface area contributed by atoms with E-state index in [1.54, 1.807) is 0 Å². The minimum atomic E-state index is 0. The Balaban J connectivity index is 0.00000176. The van der Waals surface area contributed by atoms with Gasteiger partial charge < -0.3 is 15.0 Å². The Morgan fingerprint density at radius 2 is 2.09 bits per heavy atom. The molecule has 1 N–H and O–H groups in total. The number of rotatable bonds is 5. The van der Waals surface area contributed by atoms with Crippen LogP contribution in [0.4, 0.5) is 0 Å². The summed E-state index contributed by atoms with van der Waals surface area (Å²) in [5.74, 6) is 0.466. The number of carbonyl (C=O) groups is 1. The van der Waals surface area contributed by atoms with Crippen molar-refractivity contribution in [3.63, 3.8) is 0 Å². The van der Waals surface area contributed by atoms with Crippen LogP contribution in [0, 0.1) is 5.92 Å². The summed E-state index contributed by atoms with van der Waals surface area (Å²) in [6, 6.07) is 10.7. The predicted molar refractivity (Wildman–Crippen MR) is 89.3 cm³/mol. The van der Waals surface area contributed by atoms with Crippen LogP contribution < -0.4 is 5.32 Å². The molecule has 4 nitrogen and oxygen atoms in total. The fourth-order valence-corrected chi connectivity index (χ4v) is 3.23. The van der Waals surface area contributed by atoms with E-state index in [1.807, 2.05) is 6.07 Å². The molecule has 22 heavy (non-hydrogen) atoms. The summed E-state index contributed by atoms with van der Waals surface area (Å²) in [5.41, 5.74) is 1.29. The lowest BCUT2D eigenvalue weighted by atomic mass is 10.0. The van der Waals surface area contributed by atoms with Crippen LogP contribution in [0.3, 0.4) is 0 Å². The van der Waals surface area contributed by atoms with Gasteiger partial charge >= 0.3 is 0 Å². The van der Waals surface area contributed by atoms with E-state index in [0.29, 0.717) is 12.5 Å². The minimum Gasteiger partial charge on any atom is -0.379 e. The zero-order chi connectivity index (χ0) is 14.5. The average molecular weight is 325 g/mol. The van der Waals surface area contributed by atoms with Crippen LogP contribution in [0.15, 0.2) is 30.3 Å². The van der Waals surface area contributed by atoms with E-state index < -0.39 is 0 Å². The topological polar surface area (TPSA) is 41.6 Å². The SMILES string of the molecule is Cl.O=C(C1CCNC1)N(CCc1ccccc1)C1CCOC1. The maximum atomic E-state index is 12.8. The first-order valence-corrected chi connectivity index (χ1v) is 7.97. The second-order valence-electron chi connectivity index (χ2n) is 5.97. The molecule has 1 aromatic carbocycles. The molecule has 2 unspecified atom stereocenters. The lowest BCUT2D eigenvalue weighted by Gasteiger charge is -2.30. The summed E-state index contributed by atoms with van der Waals surface area (Å²) in [6.45, 7) is 4.06. The zero-order valence-electron chi connectivity index (χ0n) is 12.9. The quantitative estimate of drug-likeness (QED) is 0.899. The monoisotopic (exact) mass is 324 g/mol. The lowest BCUT2D eigenvalue weighted by molar-refractivity contribution is -0.137. The third kappa shape index (κ3) is 4.22. The number of ether oxygens (including phenoxy) is 1. The largest absolute Gasteiger partial charge is 0.379 e. The van der Waals surface area contributed by atoms with Crippen LogP contribution in [-0.4, -0.2) is 49.7 Å². The predicted octanol–water partition coefficient (Wildman–Crippen LogP) is 1.88. The normalized spacial score (nSPS) is 24.0. The number of carbonyl (C=O) groups excluding carboxylic acids is 1. The fourth-order valence-electron chi connectivity index (χ4n) is 3.23. The standard InChI is InChI=1S/C17H24N2O2.ClH/c20-17(15-6-9-18-12-15)19(16-8-11-21-13-16)10-7-14-4-2-1-3-5-14;/h1-5,15-16,18H,6-13H2;1H. The van der Waals surface area contributed by atoms with Crippen molar-refractivity contribution in [2.45, 2.75) is 25.3 Å². The highest BCUT2D eigenvalue weighted by molar-refractivity contribution is 5.85. The Morgan fingerprint density at radius 3 is 2.73 bits per heavy atom. The first-order valence-electron chi connectivity index (χ1n) is 7.97. The van der Waals surface area contributed by atoms with E-state index in [1.165, 1.54) is 5.56 Å². The zero-order valence-corrected chi connectivity index (χ0v) is 13.7. The highest BCUT2D eigenvalue weighted by Gasteiger charge is 2.32. The van der Waals surface area contributed by atoms with Gasteiger partial charge in [0.15, 0.2) is 0 Å². The summed E-state index contributed by atoms with van der Waals surface area (Å²) in [6.07, 6.45) is 2.86. The fraction of sp³-hybridized carbons (Fsp3) is 0.588. The minimum absolute atomic E-state index is 0. The van der Waals surface area contributed by atoms with Crippen molar-refractivity contribution in [2.75, 3.05) is 32.8 Å². The van der Waals surface area contributed by atoms with Gasteiger partial charge in [-0.05, 0) is 31.4 Å². The van der Waals surface area contributed by atoms with Crippen molar-refractivity contribution in [1.82, 2.24) is 10.2 Å². The Bertz CT molecular complexity index is 457. The van der Waals surface area contributed by atoms with Gasteiger partial charge in [0.2, 0.25) is 5.91 Å². The molecule has 0 saturated carbocycles. The summed E-state index contributed by atoms with van der Waals surface area (Å²) < 4.78 is 5.49. The van der Waals surface area contributed by atoms with E-state index >= 15 is 0 Å². The van der Waals surface area contributed by atoms with Gasteiger partial charge in [-0.1, -0.05) is 30.3 Å². The molecule has 3 rings (SSSR count). The molecular weight excluding hydrogens is 300 g/mol. The number of hydrogen-bond acceptors (Lipinski definition) is 3. The van der Waals surface area contributed by atoms with Gasteiger partial charge in [0, 0.05) is 19.7 Å². The first kappa shape index (κ1) is 17.3. The Labute approximate surface area is 138 Å². The van der Waals surface area contributed by atoms with Crippen LogP contribution in [0.5, 0.6) is 0 Å². The maximum Gasteiger partial charge on any atom is 0.227 e. The van der Waals surface area contributed by atoms with Crippen molar-refractivity contribution in [1.29, 1.82) is 0 Å². The molecular formula is C17H25ClN2O2. The summed E-state index contributed by atoms with van der Waals surface area (Å²) in [4.78, 5) is 14.9. The highest BCUT2D eigenvalue weighted by Crippen LogP contribution is 2.19. The molecule has 2 atom stereocenters. The number of benzene rings is 1. The van der Waals surface area contributed by atoms with Gasteiger partial charge in [0.1, 0.15) is 0 Å². The molecule has 2 heterocycles. The molecule has 122 valence electrons. The number of amides is 1. The molecule has 0 bridgehead atoms. The summed E-state index contributed by atoms with van der Waals surface area (Å²) in [5, 5.41) is 3.29. The van der Waals surface area contributed by atoms with E-state index in [9.17, 15) is 4.79 Å². The maximum absolute atomic E-state index is 12.8. The van der Waals surface area contributed by atoms with Crippen molar-refractivity contribution in [3.8, 4) is 0 Å². The highest BCUT2D eigenvalue weighted by atomic mass is 35.5. The van der Waals surface area contributed by atoms with Gasteiger partial charge in [0.05, 0.1) is 18.6 Å². The molecule has 0 radical (unpaired) electrons. The number of hydrogen-bond donors (Lipinski definition) is 1. The average Bonchev–Trinajstić information content (AvgIpc) is 3.22. The van der Waals surface area contributed by atoms with Crippen LogP contribution in [-0.2, 0) is 16.0 Å². The van der Waals surface area contributed by atoms with E-state index in [2.05, 4.69) is 34.5 Å². The molecule has 2 aliphatic rings. The van der Waals surface area contributed by atoms with Crippen molar-refractivity contribution >= 4 is 18.3 Å². The van der Waals surface area contributed by atoms with Crippen molar-refractivity contribution < 1.29 is 9.53 Å². The molecule has 0 aromatic heterocycles. The molecule has 0 spiro atoms. The Hall–Kier alpha value is -1.10. The Morgan fingerprint density at radius 1 is 1.27 bits per heavy atom.